The summed E-state index contributed by atoms with van der Waals surface area (Å²) in [5.41, 5.74) is 24.6. The van der Waals surface area contributed by atoms with E-state index in [0.717, 1.165) is 53.1 Å². The molecule has 0 saturated carbocycles. The van der Waals surface area contributed by atoms with E-state index in [-0.39, 0.29) is 106 Å². The van der Waals surface area contributed by atoms with Gasteiger partial charge in [-0.3, -0.25) is 105 Å². The van der Waals surface area contributed by atoms with Gasteiger partial charge in [0.2, 0.25) is 124 Å². The Morgan fingerprint density at radius 1 is 0.527 bits per heavy atom. The minimum Gasteiger partial charge on any atom is -0.508 e. The number of hydrogen-bond acceptors (Lipinski definition) is 30. The van der Waals surface area contributed by atoms with Gasteiger partial charge in [0.1, 0.15) is 114 Å². The van der Waals surface area contributed by atoms with Gasteiger partial charge < -0.3 is 139 Å². The van der Waals surface area contributed by atoms with Gasteiger partial charge in [0.15, 0.2) is 0 Å². The summed E-state index contributed by atoms with van der Waals surface area (Å²) in [5.74, 6) is -23.5. The first-order valence-corrected chi connectivity index (χ1v) is 54.2. The van der Waals surface area contributed by atoms with Crippen molar-refractivity contribution in [1.82, 2.24) is 111 Å². The Kier molecular flexibility index (Phi) is 50.0. The van der Waals surface area contributed by atoms with Crippen molar-refractivity contribution in [2.45, 2.75) is 259 Å². The Bertz CT molecular complexity index is 5330. The van der Waals surface area contributed by atoms with Gasteiger partial charge >= 0.3 is 0 Å². The Hall–Kier alpha value is -13.4. The van der Waals surface area contributed by atoms with E-state index in [4.69, 9.17) is 22.9 Å². The van der Waals surface area contributed by atoms with Crippen LogP contribution in [0.4, 0.5) is 0 Å². The molecule has 3 aromatic rings. The first-order chi connectivity index (χ1) is 71.5. The van der Waals surface area contributed by atoms with Crippen LogP contribution in [0.1, 0.15) is 143 Å². The number of phenols is 1. The second kappa shape index (κ2) is 61.6. The van der Waals surface area contributed by atoms with Crippen LogP contribution >= 0.6 is 47.0 Å². The number of carbonyl (C=O) groups excluding carboxylic acids is 22. The van der Waals surface area contributed by atoms with E-state index < -0.39 is 286 Å². The zero-order valence-corrected chi connectivity index (χ0v) is 88.2. The Morgan fingerprint density at radius 3 is 1.67 bits per heavy atom. The van der Waals surface area contributed by atoms with Crippen molar-refractivity contribution in [3.8, 4) is 5.75 Å². The number of amides is 22. The molecule has 0 aliphatic carbocycles. The predicted octanol–water partition coefficient (Wildman–Crippen LogP) is -6.02. The first-order valence-electron chi connectivity index (χ1n) is 49.8. The smallest absolute Gasteiger partial charge is 0.267 e. The number of fused-ring (bicyclic) bond motifs is 7. The maximum absolute atomic E-state index is 15.6. The third-order valence-electron chi connectivity index (χ3n) is 25.1. The summed E-state index contributed by atoms with van der Waals surface area (Å²) < 4.78 is 0. The number of nitrogens with zero attached hydrogens (tertiary/aromatic N) is 1. The van der Waals surface area contributed by atoms with E-state index in [1.807, 2.05) is 6.92 Å². The lowest BCUT2D eigenvalue weighted by molar-refractivity contribution is -0.142. The molecule has 0 aromatic heterocycles. The molecule has 20 unspecified atom stereocenters. The number of benzene rings is 3. The number of unbranched alkanes of at least 4 members (excludes halogenated alkanes) is 2. The third-order valence-corrected chi connectivity index (χ3v) is 29.5. The molecular formula is C98H141N25O23S4. The van der Waals surface area contributed by atoms with Gasteiger partial charge in [0, 0.05) is 71.8 Å². The zero-order valence-electron chi connectivity index (χ0n) is 84.9. The SMILES string of the molecule is C/C=C(\NC(=O)C(CCCCN)NC(=O)C(C)NC(=O)C1CSC(C)C(NC(=O)C2CSCC(NC(=O)C(C)NC(=O)C(N)C(C)CC)C(=O)NC(CCCCN)C(=O)NC(Cc3ccccc3)C(=O)NC(CC(C)C)C(=O)N2)C(=O)N2CCCC2C(=O)NCC(=O)N1)C(=O)NCC(=O)NC1CSCC2NC(=O)C(Cc3ccc(O)cc3)NC(=O)C(CS/C=C/NC2=O)NC(=O)C(CC(N)=O)NC(=O)C(Cc2ccccc2)NC1=O. The van der Waals surface area contributed by atoms with Gasteiger partial charge in [-0.1, -0.05) is 120 Å². The van der Waals surface area contributed by atoms with Crippen LogP contribution in [0.15, 0.2) is 108 Å². The number of hydrogen-bond donors (Lipinski definition) is 25. The maximum atomic E-state index is 15.6. The predicted molar refractivity (Wildman–Crippen MR) is 560 cm³/mol. The Morgan fingerprint density at radius 2 is 1.06 bits per heavy atom. The standard InChI is InChI=1S/C98H141N25O23S4/c1-9-52(5)78(102)97(145)107-54(7)81(129)118-71-48-149-49-72(121-86(134)63(38-51(3)4)113-87(135)64(39-56-22-13-11-14-23-56)114-85(133)62(112-93(71)141)27-18-20-34-100)95(143)122-79-55(8)150-50-73(109-77(127)44-105-96(144)74-28-21-36-123(74)98(79)146)91(139)106-53(6)80(128)111-61(26-17-19-33-99)84(132)110-60(10-2)82(130)104-43-76(126)108-69-47-148-46-68-83(131)103-35-37-147-45-70(94(142)116-66(89(137)119-68)41-58-29-31-59(124)32-30-58)120-90(138)67(42-75(101)125)117-88(136)65(115-92(69)140)40-57-24-15-12-16-25-57/h10-16,22-25,29-32,35,37,51-55,61-74,78-79,124H,9,17-21,26-28,33-34,36,38-50,99-100,102H2,1-8H3,(H2,101,125)(H,103,131)(H,104,130)(H,105,144)(H,106,139)(H,107,145)(H,108,126)(H,109,127)(H,110,132)(H,111,128)(H,112,141)(H,113,135)(H,114,133)(H,115,140)(H,116,142)(H,117,136)(H,118,129)(H,119,137)(H,120,138)(H,121,134)(H,122,143)/b37-35+,60-10-. The number of phenolic OH excluding ortho intramolecular Hbond substituents is 1. The molecule has 4 saturated heterocycles. The molecule has 3 aromatic carbocycles. The molecule has 20 atom stereocenters. The van der Waals surface area contributed by atoms with Crippen LogP contribution in [0.3, 0.4) is 0 Å². The van der Waals surface area contributed by atoms with Gasteiger partial charge in [0.25, 0.3) is 5.91 Å². The molecule has 48 nitrogen and oxygen atoms in total. The van der Waals surface area contributed by atoms with E-state index in [1.165, 1.54) is 68.5 Å². The number of allylic oxidation sites excluding steroid dienone is 1. The van der Waals surface area contributed by atoms with E-state index in [1.54, 1.807) is 81.4 Å². The molecule has 5 aliphatic rings. The summed E-state index contributed by atoms with van der Waals surface area (Å²) in [6.07, 6.45) is 2.87. The molecular weight excluding hydrogens is 2020 g/mol. The highest BCUT2D eigenvalue weighted by atomic mass is 32.2. The van der Waals surface area contributed by atoms with Gasteiger partial charge in [-0.2, -0.15) is 35.3 Å². The molecule has 52 heteroatoms. The molecule has 29 N–H and O–H groups in total. The molecule has 0 radical (unpaired) electrons. The third kappa shape index (κ3) is 39.2. The zero-order chi connectivity index (χ0) is 110. The van der Waals surface area contributed by atoms with E-state index in [2.05, 4.69) is 106 Å². The Balaban J connectivity index is 1.01. The number of rotatable bonds is 36. The lowest BCUT2D eigenvalue weighted by Gasteiger charge is -2.33. The number of carbonyl (C=O) groups is 22. The number of nitrogens with one attached hydrogen (secondary N) is 20. The summed E-state index contributed by atoms with van der Waals surface area (Å²) in [6, 6.07) is -4.35. The van der Waals surface area contributed by atoms with Crippen molar-refractivity contribution in [3.05, 3.63) is 125 Å². The van der Waals surface area contributed by atoms with E-state index in [0.29, 0.717) is 48.8 Å². The fraction of sp³-hybridized carbons (Fsp3) is 0.551. The summed E-state index contributed by atoms with van der Waals surface area (Å²) in [7, 11) is 0. The molecule has 0 spiro atoms. The van der Waals surface area contributed by atoms with Crippen molar-refractivity contribution in [2.24, 2.45) is 34.8 Å². The first kappa shape index (κ1) is 122. The van der Waals surface area contributed by atoms with Gasteiger partial charge in [-0.25, -0.2) is 0 Å². The van der Waals surface area contributed by atoms with E-state index in [9.17, 15) is 96.2 Å². The van der Waals surface area contributed by atoms with Crippen LogP contribution in [0, 0.1) is 11.8 Å². The maximum Gasteiger partial charge on any atom is 0.267 e. The summed E-state index contributed by atoms with van der Waals surface area (Å²) in [6.45, 7) is 11.3. The second-order valence-electron chi connectivity index (χ2n) is 37.4. The molecule has 820 valence electrons. The average Bonchev–Trinajstić information content (AvgIpc) is 1.63. The molecule has 2 bridgehead atoms. The van der Waals surface area contributed by atoms with Crippen molar-refractivity contribution in [2.75, 3.05) is 67.2 Å². The highest BCUT2D eigenvalue weighted by molar-refractivity contribution is 8.02. The van der Waals surface area contributed by atoms with Crippen molar-refractivity contribution >= 4 is 177 Å². The van der Waals surface area contributed by atoms with Crippen molar-refractivity contribution in [3.63, 3.8) is 0 Å². The molecule has 4 fully saturated rings. The molecule has 5 aliphatic heterocycles. The van der Waals surface area contributed by atoms with Crippen molar-refractivity contribution < 1.29 is 111 Å². The lowest BCUT2D eigenvalue weighted by Crippen LogP contribution is -2.62. The average molecular weight is 2170 g/mol. The highest BCUT2D eigenvalue weighted by Crippen LogP contribution is 2.27. The van der Waals surface area contributed by atoms with Crippen LogP contribution in [0.2, 0.25) is 0 Å². The fourth-order valence-electron chi connectivity index (χ4n) is 16.2. The van der Waals surface area contributed by atoms with Crippen molar-refractivity contribution in [1.29, 1.82) is 0 Å². The normalized spacial score (nSPS) is 24.9. The molecule has 150 heavy (non-hydrogen) atoms. The fourth-order valence-corrected chi connectivity index (χ4v) is 20.2. The monoisotopic (exact) mass is 2160 g/mol. The summed E-state index contributed by atoms with van der Waals surface area (Å²) >= 11 is 3.54. The van der Waals surface area contributed by atoms with Crippen LogP contribution in [-0.4, -0.2) is 321 Å². The van der Waals surface area contributed by atoms with Crippen LogP contribution in [0.25, 0.3) is 0 Å². The number of nitrogens with two attached hydrogens (primary N) is 4. The van der Waals surface area contributed by atoms with Crippen LogP contribution < -0.4 is 129 Å². The number of thioether (sulfide) groups is 4. The van der Waals surface area contributed by atoms with Crippen LogP contribution in [0.5, 0.6) is 5.75 Å². The minimum absolute atomic E-state index is 0.00118. The molecule has 5 heterocycles. The van der Waals surface area contributed by atoms with Gasteiger partial charge in [-0.15, -0.1) is 11.8 Å². The van der Waals surface area contributed by atoms with Gasteiger partial charge in [-0.05, 0) is 138 Å². The number of primary amides is 1. The minimum atomic E-state index is -1.80. The Labute approximate surface area is 885 Å². The highest BCUT2D eigenvalue weighted by Gasteiger charge is 2.45. The van der Waals surface area contributed by atoms with E-state index >= 15 is 14.4 Å². The molecule has 8 rings (SSSR count). The largest absolute Gasteiger partial charge is 0.508 e. The topological polar surface area (TPSA) is 744 Å². The summed E-state index contributed by atoms with van der Waals surface area (Å²) in [5, 5.41) is 62.5. The lowest BCUT2D eigenvalue weighted by atomic mass is 9.99. The van der Waals surface area contributed by atoms with Crippen LogP contribution in [-0.2, 0) is 125 Å². The summed E-state index contributed by atoms with van der Waals surface area (Å²) in [4.78, 5) is 319. The second-order valence-corrected chi connectivity index (χ2v) is 41.9. The molecule has 22 amide bonds. The quantitative estimate of drug-likeness (QED) is 0.0190. The number of aromatic hydroxyl groups is 1. The van der Waals surface area contributed by atoms with Gasteiger partial charge in [0.05, 0.1) is 25.6 Å².